The largest absolute Gasteiger partial charge is 0.493 e. The highest BCUT2D eigenvalue weighted by atomic mass is 79.9. The second-order valence-corrected chi connectivity index (χ2v) is 8.18. The third-order valence-corrected chi connectivity index (χ3v) is 5.93. The Balaban J connectivity index is 1.74. The average Bonchev–Trinajstić information content (AvgIpc) is 3.13. The fourth-order valence-electron chi connectivity index (χ4n) is 2.81. The van der Waals surface area contributed by atoms with E-state index in [9.17, 15) is 14.3 Å². The first kappa shape index (κ1) is 18.2. The van der Waals surface area contributed by atoms with E-state index in [0.717, 1.165) is 37.2 Å². The molecule has 1 N–H and O–H groups in total. The molecule has 0 atom stereocenters. The van der Waals surface area contributed by atoms with Gasteiger partial charge in [0.25, 0.3) is 0 Å². The molecule has 8 heteroatoms. The van der Waals surface area contributed by atoms with E-state index >= 15 is 0 Å². The number of nitrogens with zero attached hydrogens (tertiary/aromatic N) is 2. The molecule has 27 heavy (non-hydrogen) atoms. The zero-order chi connectivity index (χ0) is 19.1. The molecule has 1 aliphatic rings. The van der Waals surface area contributed by atoms with Gasteiger partial charge in [-0.3, -0.25) is 14.4 Å². The third-order valence-electron chi connectivity index (χ3n) is 4.17. The monoisotopic (exact) mass is 464 g/mol. The number of benzene rings is 2. The van der Waals surface area contributed by atoms with Crippen molar-refractivity contribution in [2.24, 2.45) is 4.99 Å². The van der Waals surface area contributed by atoms with E-state index in [2.05, 4.69) is 20.9 Å². The van der Waals surface area contributed by atoms with Crippen molar-refractivity contribution < 1.29 is 9.50 Å². The summed E-state index contributed by atoms with van der Waals surface area (Å²) in [5, 5.41) is 10.7. The van der Waals surface area contributed by atoms with Crippen molar-refractivity contribution in [3.8, 4) is 5.88 Å². The molecule has 0 saturated heterocycles. The van der Waals surface area contributed by atoms with Gasteiger partial charge in [0.1, 0.15) is 5.82 Å². The van der Waals surface area contributed by atoms with Crippen molar-refractivity contribution in [1.29, 1.82) is 0 Å². The summed E-state index contributed by atoms with van der Waals surface area (Å²) in [7, 11) is 0. The van der Waals surface area contributed by atoms with Gasteiger partial charge in [0.05, 0.1) is 17.1 Å². The number of hydrogen-bond acceptors (Lipinski definition) is 4. The summed E-state index contributed by atoms with van der Waals surface area (Å²) in [6.45, 7) is -0.147. The maximum atomic E-state index is 14.0. The summed E-state index contributed by atoms with van der Waals surface area (Å²) in [5.74, 6) is -0.754. The number of aromatic hydroxyl groups is 1. The van der Waals surface area contributed by atoms with Gasteiger partial charge < -0.3 is 5.11 Å². The minimum absolute atomic E-state index is 0.147. The number of aliphatic imine (C=N–C) groups is 1. The summed E-state index contributed by atoms with van der Waals surface area (Å²) in [5.41, 5.74) is 2.64. The van der Waals surface area contributed by atoms with Crippen LogP contribution in [0.4, 0.5) is 10.1 Å². The van der Waals surface area contributed by atoms with Crippen LogP contribution in [0.3, 0.4) is 0 Å². The van der Waals surface area contributed by atoms with E-state index in [1.807, 2.05) is 18.2 Å². The third kappa shape index (κ3) is 3.38. The fourth-order valence-corrected chi connectivity index (χ4v) is 4.23. The van der Waals surface area contributed by atoms with Gasteiger partial charge in [-0.25, -0.2) is 4.39 Å². The first-order valence-corrected chi connectivity index (χ1v) is 9.84. The summed E-state index contributed by atoms with van der Waals surface area (Å²) >= 11 is 10.3. The van der Waals surface area contributed by atoms with Crippen molar-refractivity contribution in [2.45, 2.75) is 6.54 Å². The molecule has 0 amide bonds. The zero-order valence-corrected chi connectivity index (χ0v) is 16.8. The quantitative estimate of drug-likeness (QED) is 0.557. The highest BCUT2D eigenvalue weighted by Gasteiger charge is 2.18. The van der Waals surface area contributed by atoms with Gasteiger partial charge in [0.2, 0.25) is 5.88 Å². The van der Waals surface area contributed by atoms with Crippen molar-refractivity contribution >= 4 is 62.4 Å². The first-order chi connectivity index (χ1) is 12.9. The number of thiazole rings is 1. The van der Waals surface area contributed by atoms with E-state index in [0.29, 0.717) is 4.88 Å². The summed E-state index contributed by atoms with van der Waals surface area (Å²) in [6.07, 6.45) is 3.38. The van der Waals surface area contributed by atoms with Crippen LogP contribution in [0.1, 0.15) is 16.0 Å². The van der Waals surface area contributed by atoms with Gasteiger partial charge in [0, 0.05) is 32.4 Å². The Labute approximate surface area is 171 Å². The average molecular weight is 466 g/mol. The molecular formula is C19H11BrClFN2O2S. The predicted octanol–water partition coefficient (Wildman–Crippen LogP) is 5.48. The Morgan fingerprint density at radius 1 is 1.33 bits per heavy atom. The lowest BCUT2D eigenvalue weighted by Gasteiger charge is -2.07. The second kappa shape index (κ2) is 7.07. The number of hydrogen-bond donors (Lipinski definition) is 1. The zero-order valence-electron chi connectivity index (χ0n) is 13.6. The van der Waals surface area contributed by atoms with Gasteiger partial charge in [-0.1, -0.05) is 44.9 Å². The van der Waals surface area contributed by atoms with Gasteiger partial charge in [-0.15, -0.1) is 0 Å². The molecule has 0 radical (unpaired) electrons. The summed E-state index contributed by atoms with van der Waals surface area (Å²) < 4.78 is 16.0. The number of halogens is 3. The van der Waals surface area contributed by atoms with E-state index in [-0.39, 0.29) is 23.0 Å². The Morgan fingerprint density at radius 2 is 2.15 bits per heavy atom. The molecule has 0 fully saturated rings. The van der Waals surface area contributed by atoms with Crippen LogP contribution in [0, 0.1) is 5.82 Å². The SMILES string of the molecule is O=c1sc(/C=C2\C=Nc3ccc(Br)cc32)c(O)n1Cc1c(F)cccc1Cl. The highest BCUT2D eigenvalue weighted by Crippen LogP contribution is 2.36. The molecule has 2 aromatic carbocycles. The Bertz CT molecular complexity index is 1160. The highest BCUT2D eigenvalue weighted by molar-refractivity contribution is 9.10. The van der Waals surface area contributed by atoms with Crippen LogP contribution in [0.2, 0.25) is 5.02 Å². The van der Waals surface area contributed by atoms with Crippen LogP contribution in [0.5, 0.6) is 5.88 Å². The van der Waals surface area contributed by atoms with Crippen LogP contribution in [0.25, 0.3) is 11.6 Å². The topological polar surface area (TPSA) is 54.6 Å². The van der Waals surface area contributed by atoms with Crippen LogP contribution in [-0.2, 0) is 6.54 Å². The van der Waals surface area contributed by atoms with Crippen LogP contribution < -0.4 is 4.87 Å². The lowest BCUT2D eigenvalue weighted by atomic mass is 10.1. The molecule has 0 unspecified atom stereocenters. The van der Waals surface area contributed by atoms with Crippen molar-refractivity contribution in [3.05, 3.63) is 77.4 Å². The molecular weight excluding hydrogens is 455 g/mol. The standard InChI is InChI=1S/C19H11BrClFN2O2S/c20-11-4-5-16-12(7-11)10(8-23-16)6-17-18(25)24(19(26)27-17)9-13-14(21)2-1-3-15(13)22/h1-8,25H,9H2/b10-6+. The molecule has 4 rings (SSSR count). The van der Waals surface area contributed by atoms with E-state index < -0.39 is 10.7 Å². The van der Waals surface area contributed by atoms with E-state index in [4.69, 9.17) is 11.6 Å². The Hall–Kier alpha value is -2.22. The fraction of sp³-hybridized carbons (Fsp3) is 0.0526. The molecule has 0 saturated carbocycles. The number of rotatable bonds is 3. The van der Waals surface area contributed by atoms with Gasteiger partial charge in [-0.2, -0.15) is 0 Å². The minimum atomic E-state index is -0.526. The summed E-state index contributed by atoms with van der Waals surface area (Å²) in [4.78, 5) is 16.6. The van der Waals surface area contributed by atoms with Crippen molar-refractivity contribution in [3.63, 3.8) is 0 Å². The Kier molecular flexibility index (Phi) is 4.75. The van der Waals surface area contributed by atoms with Crippen molar-refractivity contribution in [1.82, 2.24) is 4.57 Å². The van der Waals surface area contributed by atoms with Gasteiger partial charge in [-0.05, 0) is 36.4 Å². The maximum absolute atomic E-state index is 14.0. The molecule has 0 spiro atoms. The van der Waals surface area contributed by atoms with Gasteiger partial charge >= 0.3 is 4.87 Å². The normalized spacial score (nSPS) is 14.1. The molecule has 136 valence electrons. The molecule has 4 nitrogen and oxygen atoms in total. The Morgan fingerprint density at radius 3 is 2.93 bits per heavy atom. The number of allylic oxidation sites excluding steroid dienone is 1. The molecule has 0 bridgehead atoms. The lowest BCUT2D eigenvalue weighted by Crippen LogP contribution is -2.14. The second-order valence-electron chi connectivity index (χ2n) is 5.86. The van der Waals surface area contributed by atoms with E-state index in [1.165, 1.54) is 12.1 Å². The number of fused-ring (bicyclic) bond motifs is 1. The molecule has 1 aromatic heterocycles. The van der Waals surface area contributed by atoms with Crippen LogP contribution in [0.15, 0.2) is 50.7 Å². The smallest absolute Gasteiger partial charge is 0.310 e. The van der Waals surface area contributed by atoms with Crippen molar-refractivity contribution in [2.75, 3.05) is 0 Å². The minimum Gasteiger partial charge on any atom is -0.493 e. The van der Waals surface area contributed by atoms with Crippen LogP contribution >= 0.6 is 38.9 Å². The maximum Gasteiger partial charge on any atom is 0.310 e. The molecule has 2 heterocycles. The molecule has 0 aliphatic carbocycles. The number of aromatic nitrogens is 1. The van der Waals surface area contributed by atoms with Crippen LogP contribution in [-0.4, -0.2) is 15.9 Å². The lowest BCUT2D eigenvalue weighted by molar-refractivity contribution is 0.418. The first-order valence-electron chi connectivity index (χ1n) is 7.85. The molecule has 3 aromatic rings. The summed E-state index contributed by atoms with van der Waals surface area (Å²) in [6, 6.07) is 9.99. The van der Waals surface area contributed by atoms with E-state index in [1.54, 1.807) is 18.4 Å². The predicted molar refractivity (Wildman–Crippen MR) is 111 cm³/mol. The molecule has 1 aliphatic heterocycles. The van der Waals surface area contributed by atoms with Gasteiger partial charge in [0.15, 0.2) is 0 Å².